The van der Waals surface area contributed by atoms with Crippen LogP contribution >= 0.6 is 0 Å². The lowest BCUT2D eigenvalue weighted by Crippen LogP contribution is -2.35. The maximum Gasteiger partial charge on any atom is 0.257 e. The van der Waals surface area contributed by atoms with Crippen LogP contribution in [-0.2, 0) is 4.79 Å². The number of likely N-dealkylation sites (N-methyl/N-ethyl adjacent to an activating group) is 1. The maximum absolute atomic E-state index is 12.4. The first-order chi connectivity index (χ1) is 11.8. The van der Waals surface area contributed by atoms with Gasteiger partial charge in [0.2, 0.25) is 5.91 Å². The van der Waals surface area contributed by atoms with Crippen molar-refractivity contribution in [1.82, 2.24) is 4.90 Å². The van der Waals surface area contributed by atoms with Crippen molar-refractivity contribution in [1.29, 1.82) is 0 Å². The van der Waals surface area contributed by atoms with Crippen LogP contribution in [0, 0.1) is 13.8 Å². The van der Waals surface area contributed by atoms with E-state index in [9.17, 15) is 14.7 Å². The zero-order valence-corrected chi connectivity index (χ0v) is 14.8. The Balaban J connectivity index is 2.05. The number of carbonyl (C=O) groups excluding carboxylic acids is 2. The summed E-state index contributed by atoms with van der Waals surface area (Å²) in [5.41, 5.74) is 2.89. The highest BCUT2D eigenvalue weighted by atomic mass is 16.5. The highest BCUT2D eigenvalue weighted by Gasteiger charge is 2.19. The predicted octanol–water partition coefficient (Wildman–Crippen LogP) is 2.73. The third-order valence-electron chi connectivity index (χ3n) is 4.04. The Morgan fingerprint density at radius 3 is 2.56 bits per heavy atom. The molecule has 0 heterocycles. The van der Waals surface area contributed by atoms with Crippen LogP contribution in [0.5, 0.6) is 11.5 Å². The molecule has 0 spiro atoms. The molecule has 0 aliphatic rings. The average Bonchev–Trinajstić information content (AvgIpc) is 2.58. The van der Waals surface area contributed by atoms with Gasteiger partial charge in [-0.15, -0.1) is 0 Å². The fourth-order valence-electron chi connectivity index (χ4n) is 2.39. The second-order valence-electron chi connectivity index (χ2n) is 5.84. The third kappa shape index (κ3) is 4.29. The summed E-state index contributed by atoms with van der Waals surface area (Å²) in [5.74, 6) is -0.496. The van der Waals surface area contributed by atoms with E-state index in [0.29, 0.717) is 5.75 Å². The van der Waals surface area contributed by atoms with E-state index in [4.69, 9.17) is 4.74 Å². The van der Waals surface area contributed by atoms with Crippen molar-refractivity contribution >= 4 is 17.5 Å². The Bertz CT molecular complexity index is 802. The van der Waals surface area contributed by atoms with Gasteiger partial charge in [-0.05, 0) is 43.2 Å². The molecule has 0 radical (unpaired) electrons. The number of ether oxygens (including phenoxy) is 1. The van der Waals surface area contributed by atoms with Crippen LogP contribution in [0.15, 0.2) is 36.4 Å². The monoisotopic (exact) mass is 342 g/mol. The van der Waals surface area contributed by atoms with E-state index in [2.05, 4.69) is 5.32 Å². The second kappa shape index (κ2) is 7.70. The van der Waals surface area contributed by atoms with Gasteiger partial charge in [0.15, 0.2) is 0 Å². The van der Waals surface area contributed by atoms with Crippen LogP contribution in [0.3, 0.4) is 0 Å². The first-order valence-corrected chi connectivity index (χ1v) is 7.82. The van der Waals surface area contributed by atoms with Gasteiger partial charge >= 0.3 is 0 Å². The second-order valence-corrected chi connectivity index (χ2v) is 5.84. The Hall–Kier alpha value is -3.02. The average molecular weight is 342 g/mol. The van der Waals surface area contributed by atoms with Crippen molar-refractivity contribution in [3.63, 3.8) is 0 Å². The van der Waals surface area contributed by atoms with Crippen molar-refractivity contribution in [3.8, 4) is 11.5 Å². The molecule has 2 rings (SSSR count). The minimum atomic E-state index is -0.448. The lowest BCUT2D eigenvalue weighted by atomic mass is 10.1. The van der Waals surface area contributed by atoms with E-state index in [1.54, 1.807) is 6.07 Å². The third-order valence-corrected chi connectivity index (χ3v) is 4.04. The van der Waals surface area contributed by atoms with Gasteiger partial charge < -0.3 is 20.1 Å². The quantitative estimate of drug-likeness (QED) is 0.876. The van der Waals surface area contributed by atoms with Gasteiger partial charge in [-0.3, -0.25) is 9.59 Å². The summed E-state index contributed by atoms with van der Waals surface area (Å²) < 4.78 is 4.99. The Morgan fingerprint density at radius 2 is 1.92 bits per heavy atom. The number of nitrogens with zero attached hydrogens (tertiary/aromatic N) is 1. The van der Waals surface area contributed by atoms with Crippen LogP contribution in [0.4, 0.5) is 5.69 Å². The molecule has 2 aromatic carbocycles. The predicted molar refractivity (Wildman–Crippen MR) is 96.2 cm³/mol. The number of hydrogen-bond acceptors (Lipinski definition) is 4. The molecule has 0 unspecified atom stereocenters. The van der Waals surface area contributed by atoms with Crippen molar-refractivity contribution < 1.29 is 19.4 Å². The molecule has 2 aromatic rings. The van der Waals surface area contributed by atoms with Crippen LogP contribution in [-0.4, -0.2) is 42.5 Å². The molecule has 132 valence electrons. The molecule has 6 nitrogen and oxygen atoms in total. The Kier molecular flexibility index (Phi) is 5.64. The SMILES string of the molecule is COc1ccc(C(=O)N(C)CC(=O)Nc2cccc(C)c2C)c(O)c1. The van der Waals surface area contributed by atoms with E-state index >= 15 is 0 Å². The van der Waals surface area contributed by atoms with Gasteiger partial charge in [-0.2, -0.15) is 0 Å². The number of nitrogens with one attached hydrogen (secondary N) is 1. The minimum Gasteiger partial charge on any atom is -0.507 e. The van der Waals surface area contributed by atoms with Gasteiger partial charge in [0, 0.05) is 18.8 Å². The molecule has 0 saturated heterocycles. The Morgan fingerprint density at radius 1 is 1.20 bits per heavy atom. The number of aryl methyl sites for hydroxylation is 1. The van der Waals surface area contributed by atoms with E-state index in [1.165, 1.54) is 31.2 Å². The summed E-state index contributed by atoms with van der Waals surface area (Å²) in [5, 5.41) is 12.8. The van der Waals surface area contributed by atoms with Crippen molar-refractivity contribution in [2.45, 2.75) is 13.8 Å². The first kappa shape index (κ1) is 18.3. The highest BCUT2D eigenvalue weighted by Crippen LogP contribution is 2.24. The number of phenols is 1. The molecule has 0 saturated carbocycles. The van der Waals surface area contributed by atoms with Gasteiger partial charge in [0.25, 0.3) is 5.91 Å². The number of hydrogen-bond donors (Lipinski definition) is 2. The zero-order chi connectivity index (χ0) is 18.6. The van der Waals surface area contributed by atoms with Crippen LogP contribution in [0.2, 0.25) is 0 Å². The number of aromatic hydroxyl groups is 1. The van der Waals surface area contributed by atoms with E-state index < -0.39 is 5.91 Å². The largest absolute Gasteiger partial charge is 0.507 e. The summed E-state index contributed by atoms with van der Waals surface area (Å²) in [6.45, 7) is 3.76. The minimum absolute atomic E-state index is 0.114. The number of phenolic OH excluding ortho intramolecular Hbond substituents is 1. The van der Waals surface area contributed by atoms with Crippen molar-refractivity contribution in [3.05, 3.63) is 53.1 Å². The summed E-state index contributed by atoms with van der Waals surface area (Å²) >= 11 is 0. The molecular formula is C19H22N2O4. The fourth-order valence-corrected chi connectivity index (χ4v) is 2.39. The number of benzene rings is 2. The van der Waals surface area contributed by atoms with E-state index in [0.717, 1.165) is 16.8 Å². The molecule has 2 N–H and O–H groups in total. The number of amides is 2. The van der Waals surface area contributed by atoms with Crippen molar-refractivity contribution in [2.75, 3.05) is 26.0 Å². The topological polar surface area (TPSA) is 78.9 Å². The molecule has 0 aliphatic carbocycles. The van der Waals surface area contributed by atoms with E-state index in [-0.39, 0.29) is 23.8 Å². The molecular weight excluding hydrogens is 320 g/mol. The number of methoxy groups -OCH3 is 1. The molecule has 0 aliphatic heterocycles. The lowest BCUT2D eigenvalue weighted by Gasteiger charge is -2.18. The van der Waals surface area contributed by atoms with Gasteiger partial charge in [0.05, 0.1) is 19.2 Å². The standard InChI is InChI=1S/C19H22N2O4/c1-12-6-5-7-16(13(12)2)20-18(23)11-21(3)19(24)15-9-8-14(25-4)10-17(15)22/h5-10,22H,11H2,1-4H3,(H,20,23). The van der Waals surface area contributed by atoms with Gasteiger partial charge in [0.1, 0.15) is 11.5 Å². The molecule has 0 aromatic heterocycles. The van der Waals surface area contributed by atoms with Crippen LogP contribution < -0.4 is 10.1 Å². The molecule has 0 atom stereocenters. The van der Waals surface area contributed by atoms with Gasteiger partial charge in [-0.1, -0.05) is 12.1 Å². The molecule has 2 amide bonds. The lowest BCUT2D eigenvalue weighted by molar-refractivity contribution is -0.116. The van der Waals surface area contributed by atoms with Crippen LogP contribution in [0.25, 0.3) is 0 Å². The molecule has 6 heteroatoms. The summed E-state index contributed by atoms with van der Waals surface area (Å²) in [7, 11) is 2.98. The number of anilines is 1. The Labute approximate surface area is 147 Å². The summed E-state index contributed by atoms with van der Waals surface area (Å²) in [6, 6.07) is 10.1. The fraction of sp³-hybridized carbons (Fsp3) is 0.263. The molecule has 0 fully saturated rings. The molecule has 25 heavy (non-hydrogen) atoms. The summed E-state index contributed by atoms with van der Waals surface area (Å²) in [6.07, 6.45) is 0. The normalized spacial score (nSPS) is 10.2. The zero-order valence-electron chi connectivity index (χ0n) is 14.8. The van der Waals surface area contributed by atoms with Crippen LogP contribution in [0.1, 0.15) is 21.5 Å². The maximum atomic E-state index is 12.4. The number of carbonyl (C=O) groups is 2. The smallest absolute Gasteiger partial charge is 0.257 e. The first-order valence-electron chi connectivity index (χ1n) is 7.82. The summed E-state index contributed by atoms with van der Waals surface area (Å²) in [4.78, 5) is 25.9. The molecule has 0 bridgehead atoms. The van der Waals surface area contributed by atoms with E-state index in [1.807, 2.05) is 32.0 Å². The van der Waals surface area contributed by atoms with Gasteiger partial charge in [-0.25, -0.2) is 0 Å². The van der Waals surface area contributed by atoms with Crippen molar-refractivity contribution in [2.24, 2.45) is 0 Å². The highest BCUT2D eigenvalue weighted by molar-refractivity contribution is 6.01. The number of rotatable bonds is 5.